The fraction of sp³-hybridized carbons (Fsp3) is 0.278. The number of methoxy groups -OCH3 is 3. The molecule has 0 bridgehead atoms. The second kappa shape index (κ2) is 6.52. The van der Waals surface area contributed by atoms with Crippen molar-refractivity contribution in [2.24, 2.45) is 0 Å². The summed E-state index contributed by atoms with van der Waals surface area (Å²) < 4.78 is 16.1. The number of aromatic hydroxyl groups is 1. The predicted molar refractivity (Wildman–Crippen MR) is 89.4 cm³/mol. The van der Waals surface area contributed by atoms with E-state index >= 15 is 0 Å². The van der Waals surface area contributed by atoms with E-state index in [2.05, 4.69) is 5.32 Å². The smallest absolute Gasteiger partial charge is 0.256 e. The van der Waals surface area contributed by atoms with E-state index in [1.54, 1.807) is 18.2 Å². The van der Waals surface area contributed by atoms with Gasteiger partial charge in [0.15, 0.2) is 0 Å². The minimum atomic E-state index is -0.671. The molecule has 7 heteroatoms. The van der Waals surface area contributed by atoms with Gasteiger partial charge < -0.3 is 29.7 Å². The van der Waals surface area contributed by atoms with Gasteiger partial charge in [0.2, 0.25) is 0 Å². The molecule has 0 fully saturated rings. The zero-order chi connectivity index (χ0) is 18.1. The van der Waals surface area contributed by atoms with Crippen molar-refractivity contribution in [2.75, 3.05) is 21.3 Å². The monoisotopic (exact) mass is 345 g/mol. The van der Waals surface area contributed by atoms with E-state index in [1.165, 1.54) is 27.4 Å². The number of nitrogens with one attached hydrogen (secondary N) is 1. The molecule has 0 aliphatic carbocycles. The summed E-state index contributed by atoms with van der Waals surface area (Å²) in [4.78, 5) is 12.6. The molecule has 0 unspecified atom stereocenters. The van der Waals surface area contributed by atoms with Crippen LogP contribution < -0.4 is 19.5 Å². The zero-order valence-electron chi connectivity index (χ0n) is 14.1. The molecule has 1 amide bonds. The molecule has 25 heavy (non-hydrogen) atoms. The van der Waals surface area contributed by atoms with Crippen molar-refractivity contribution in [1.82, 2.24) is 5.32 Å². The molecule has 7 nitrogen and oxygen atoms in total. The van der Waals surface area contributed by atoms with Crippen LogP contribution in [0.25, 0.3) is 0 Å². The van der Waals surface area contributed by atoms with Gasteiger partial charge >= 0.3 is 0 Å². The van der Waals surface area contributed by atoms with Crippen LogP contribution in [0.3, 0.4) is 0 Å². The number of aliphatic hydroxyl groups excluding tert-OH is 1. The highest BCUT2D eigenvalue weighted by atomic mass is 16.5. The van der Waals surface area contributed by atoms with Crippen molar-refractivity contribution < 1.29 is 29.2 Å². The van der Waals surface area contributed by atoms with Gasteiger partial charge in [0.1, 0.15) is 23.0 Å². The van der Waals surface area contributed by atoms with Crippen LogP contribution in [-0.4, -0.2) is 37.4 Å². The first-order valence-electron chi connectivity index (χ1n) is 7.62. The molecular weight excluding hydrogens is 326 g/mol. The largest absolute Gasteiger partial charge is 0.508 e. The fourth-order valence-corrected chi connectivity index (χ4v) is 3.24. The van der Waals surface area contributed by atoms with Gasteiger partial charge in [0.25, 0.3) is 5.91 Å². The molecule has 0 spiro atoms. The first-order chi connectivity index (χ1) is 12.1. The van der Waals surface area contributed by atoms with Gasteiger partial charge in [0, 0.05) is 11.1 Å². The Morgan fingerprint density at radius 3 is 2.24 bits per heavy atom. The Morgan fingerprint density at radius 1 is 1.08 bits per heavy atom. The molecule has 0 saturated heterocycles. The van der Waals surface area contributed by atoms with Crippen LogP contribution >= 0.6 is 0 Å². The van der Waals surface area contributed by atoms with Crippen LogP contribution in [0.2, 0.25) is 0 Å². The normalized spacial score (nSPS) is 15.5. The van der Waals surface area contributed by atoms with E-state index in [-0.39, 0.29) is 23.7 Å². The first kappa shape index (κ1) is 16.9. The lowest BCUT2D eigenvalue weighted by molar-refractivity contribution is 0.0957. The minimum Gasteiger partial charge on any atom is -0.508 e. The lowest BCUT2D eigenvalue weighted by atomic mass is 9.93. The standard InChI is InChI=1S/C18H19NO6/c1-23-11-5-4-6-12(24-2)14(11)16-13-10(21)7-9(8-20)17(25-3)15(13)18(22)19-16/h4-7,16,20-21H,8H2,1-3H3,(H,19,22)/t16-/m0/s1. The summed E-state index contributed by atoms with van der Waals surface area (Å²) in [6, 6.07) is 5.99. The number of hydrogen-bond donors (Lipinski definition) is 3. The molecule has 0 saturated carbocycles. The lowest BCUT2D eigenvalue weighted by Gasteiger charge is -2.20. The number of hydrogen-bond acceptors (Lipinski definition) is 6. The van der Waals surface area contributed by atoms with E-state index in [9.17, 15) is 15.0 Å². The highest BCUT2D eigenvalue weighted by Gasteiger charge is 2.39. The van der Waals surface area contributed by atoms with Crippen molar-refractivity contribution in [3.8, 4) is 23.0 Å². The summed E-state index contributed by atoms with van der Waals surface area (Å²) in [5.74, 6) is 0.750. The Kier molecular flexibility index (Phi) is 4.41. The van der Waals surface area contributed by atoms with Crippen LogP contribution in [0.1, 0.15) is 33.1 Å². The zero-order valence-corrected chi connectivity index (χ0v) is 14.1. The number of carbonyl (C=O) groups is 1. The number of fused-ring (bicyclic) bond motifs is 1. The Bertz CT molecular complexity index is 811. The number of carbonyl (C=O) groups excluding carboxylic acids is 1. The Morgan fingerprint density at radius 2 is 1.72 bits per heavy atom. The number of aliphatic hydroxyl groups is 1. The van der Waals surface area contributed by atoms with Gasteiger partial charge in [-0.15, -0.1) is 0 Å². The maximum atomic E-state index is 12.6. The van der Waals surface area contributed by atoms with Crippen LogP contribution in [0.4, 0.5) is 0 Å². The summed E-state index contributed by atoms with van der Waals surface area (Å²) in [6.07, 6.45) is 0. The predicted octanol–water partition coefficient (Wildman–Crippen LogP) is 1.74. The quantitative estimate of drug-likeness (QED) is 0.764. The fourth-order valence-electron chi connectivity index (χ4n) is 3.24. The van der Waals surface area contributed by atoms with Crippen LogP contribution in [0.5, 0.6) is 23.0 Å². The van der Waals surface area contributed by atoms with Crippen LogP contribution in [-0.2, 0) is 6.61 Å². The Hall–Kier alpha value is -2.93. The molecule has 3 rings (SSSR count). The third kappa shape index (κ3) is 2.53. The van der Waals surface area contributed by atoms with Crippen molar-refractivity contribution >= 4 is 5.91 Å². The summed E-state index contributed by atoms with van der Waals surface area (Å²) in [5.41, 5.74) is 1.49. The molecule has 1 aliphatic rings. The topological polar surface area (TPSA) is 97.3 Å². The summed E-state index contributed by atoms with van der Waals surface area (Å²) in [7, 11) is 4.45. The average molecular weight is 345 g/mol. The van der Waals surface area contributed by atoms with Gasteiger partial charge in [-0.3, -0.25) is 4.79 Å². The maximum absolute atomic E-state index is 12.6. The Balaban J connectivity index is 2.28. The number of benzene rings is 2. The summed E-state index contributed by atoms with van der Waals surface area (Å²) >= 11 is 0. The molecule has 3 N–H and O–H groups in total. The molecule has 2 aromatic rings. The Labute approximate surface area is 144 Å². The number of phenols is 1. The third-order valence-corrected chi connectivity index (χ3v) is 4.30. The van der Waals surface area contributed by atoms with Crippen molar-refractivity contribution in [2.45, 2.75) is 12.6 Å². The minimum absolute atomic E-state index is 0.115. The van der Waals surface area contributed by atoms with E-state index in [0.717, 1.165) is 0 Å². The lowest BCUT2D eigenvalue weighted by Crippen LogP contribution is -2.21. The second-order valence-corrected chi connectivity index (χ2v) is 5.52. The highest BCUT2D eigenvalue weighted by Crippen LogP contribution is 2.47. The van der Waals surface area contributed by atoms with Gasteiger partial charge in [-0.25, -0.2) is 0 Å². The van der Waals surface area contributed by atoms with Crippen LogP contribution in [0.15, 0.2) is 24.3 Å². The maximum Gasteiger partial charge on any atom is 0.256 e. The van der Waals surface area contributed by atoms with Gasteiger partial charge in [0.05, 0.1) is 45.1 Å². The van der Waals surface area contributed by atoms with Crippen molar-refractivity contribution in [3.63, 3.8) is 0 Å². The van der Waals surface area contributed by atoms with E-state index in [0.29, 0.717) is 28.2 Å². The van der Waals surface area contributed by atoms with Crippen LogP contribution in [0, 0.1) is 0 Å². The van der Waals surface area contributed by atoms with E-state index < -0.39 is 11.9 Å². The molecule has 0 aromatic heterocycles. The van der Waals surface area contributed by atoms with Gasteiger partial charge in [-0.05, 0) is 18.2 Å². The molecule has 1 aliphatic heterocycles. The second-order valence-electron chi connectivity index (χ2n) is 5.52. The SMILES string of the molecule is COc1cccc(OC)c1[C@H]1NC(=O)c2c(OC)c(CO)cc(O)c21. The average Bonchev–Trinajstić information content (AvgIpc) is 2.98. The number of ether oxygens (including phenoxy) is 3. The molecule has 1 heterocycles. The number of phenolic OH excluding ortho intramolecular Hbond substituents is 1. The summed E-state index contributed by atoms with van der Waals surface area (Å²) in [6.45, 7) is -0.361. The van der Waals surface area contributed by atoms with Crippen molar-refractivity contribution in [3.05, 3.63) is 46.5 Å². The molecule has 1 atom stereocenters. The summed E-state index contributed by atoms with van der Waals surface area (Å²) in [5, 5.41) is 22.8. The van der Waals surface area contributed by atoms with E-state index in [1.807, 2.05) is 0 Å². The number of rotatable bonds is 5. The van der Waals surface area contributed by atoms with E-state index in [4.69, 9.17) is 14.2 Å². The molecular formula is C18H19NO6. The first-order valence-corrected chi connectivity index (χ1v) is 7.62. The third-order valence-electron chi connectivity index (χ3n) is 4.30. The molecule has 132 valence electrons. The van der Waals surface area contributed by atoms with Crippen molar-refractivity contribution in [1.29, 1.82) is 0 Å². The van der Waals surface area contributed by atoms with Gasteiger partial charge in [-0.1, -0.05) is 6.07 Å². The molecule has 2 aromatic carbocycles. The molecule has 0 radical (unpaired) electrons. The highest BCUT2D eigenvalue weighted by molar-refractivity contribution is 6.04. The number of amides is 1. The van der Waals surface area contributed by atoms with Gasteiger partial charge in [-0.2, -0.15) is 0 Å².